The van der Waals surface area contributed by atoms with E-state index in [0.29, 0.717) is 0 Å². The summed E-state index contributed by atoms with van der Waals surface area (Å²) >= 11 is 6.16. The fraction of sp³-hybridized carbons (Fsp3) is 0.278. The van der Waals surface area contributed by atoms with E-state index in [-0.39, 0.29) is 0 Å². The van der Waals surface area contributed by atoms with Crippen molar-refractivity contribution in [1.29, 1.82) is 0 Å². The van der Waals surface area contributed by atoms with Crippen LogP contribution in [-0.2, 0) is 13.0 Å². The number of benzene rings is 1. The van der Waals surface area contributed by atoms with Gasteiger partial charge in [-0.3, -0.25) is 0 Å². The maximum absolute atomic E-state index is 6.16. The van der Waals surface area contributed by atoms with E-state index in [1.165, 1.54) is 5.56 Å². The molecule has 0 aliphatic rings. The molecule has 2 aromatic heterocycles. The molecular weight excluding hydrogens is 294 g/mol. The fourth-order valence-corrected chi connectivity index (χ4v) is 2.81. The molecule has 0 N–H and O–H groups in total. The minimum atomic E-state index is 0.720. The summed E-state index contributed by atoms with van der Waals surface area (Å²) in [6, 6.07) is 12.5. The Kier molecular flexibility index (Phi) is 4.19. The number of pyridine rings is 1. The fourth-order valence-electron chi connectivity index (χ4n) is 2.65. The highest BCUT2D eigenvalue weighted by Crippen LogP contribution is 2.27. The van der Waals surface area contributed by atoms with Gasteiger partial charge in [-0.15, -0.1) is 0 Å². The van der Waals surface area contributed by atoms with Gasteiger partial charge in [-0.2, -0.15) is 0 Å². The predicted molar refractivity (Wildman–Crippen MR) is 92.4 cm³/mol. The molecule has 0 saturated heterocycles. The molecule has 3 rings (SSSR count). The summed E-state index contributed by atoms with van der Waals surface area (Å²) in [7, 11) is 4.13. The Bertz CT molecular complexity index is 788. The zero-order valence-electron chi connectivity index (χ0n) is 13.2. The smallest absolute Gasteiger partial charge is 0.137 e. The van der Waals surface area contributed by atoms with Gasteiger partial charge in [0.1, 0.15) is 5.65 Å². The molecule has 114 valence electrons. The summed E-state index contributed by atoms with van der Waals surface area (Å²) in [5.74, 6) is 0. The van der Waals surface area contributed by atoms with Crippen molar-refractivity contribution in [3.63, 3.8) is 0 Å². The molecule has 0 aliphatic carbocycles. The van der Waals surface area contributed by atoms with E-state index in [1.54, 1.807) is 0 Å². The van der Waals surface area contributed by atoms with Crippen molar-refractivity contribution in [2.75, 3.05) is 14.1 Å². The predicted octanol–water partition coefficient (Wildman–Crippen LogP) is 4.28. The number of halogens is 1. The second-order valence-electron chi connectivity index (χ2n) is 5.77. The van der Waals surface area contributed by atoms with Crippen LogP contribution in [0.2, 0.25) is 5.02 Å². The van der Waals surface area contributed by atoms with E-state index in [0.717, 1.165) is 40.6 Å². The summed E-state index contributed by atoms with van der Waals surface area (Å²) in [4.78, 5) is 6.96. The van der Waals surface area contributed by atoms with Crippen LogP contribution in [0.25, 0.3) is 16.9 Å². The van der Waals surface area contributed by atoms with Crippen molar-refractivity contribution in [2.24, 2.45) is 0 Å². The van der Waals surface area contributed by atoms with Gasteiger partial charge < -0.3 is 9.30 Å². The van der Waals surface area contributed by atoms with E-state index in [4.69, 9.17) is 16.6 Å². The number of rotatable bonds is 4. The minimum absolute atomic E-state index is 0.720. The third kappa shape index (κ3) is 2.87. The van der Waals surface area contributed by atoms with Crippen LogP contribution in [0.1, 0.15) is 18.2 Å². The first kappa shape index (κ1) is 15.1. The monoisotopic (exact) mass is 313 g/mol. The Morgan fingerprint density at radius 1 is 1.09 bits per heavy atom. The number of imidazole rings is 1. The lowest BCUT2D eigenvalue weighted by Gasteiger charge is -2.11. The standard InChI is InChI=1S/C18H20ClN3/c1-4-13-5-7-14(8-6-13)18-16(12-21(2)3)22-11-15(19)9-10-17(22)20-18/h5-11H,4,12H2,1-3H3. The lowest BCUT2D eigenvalue weighted by molar-refractivity contribution is 0.396. The van der Waals surface area contributed by atoms with Crippen molar-refractivity contribution in [1.82, 2.24) is 14.3 Å². The molecule has 0 spiro atoms. The van der Waals surface area contributed by atoms with Crippen LogP contribution >= 0.6 is 11.6 Å². The van der Waals surface area contributed by atoms with Crippen molar-refractivity contribution in [3.05, 3.63) is 58.9 Å². The normalized spacial score (nSPS) is 11.5. The van der Waals surface area contributed by atoms with Crippen LogP contribution in [-0.4, -0.2) is 28.4 Å². The van der Waals surface area contributed by atoms with Gasteiger partial charge in [0.25, 0.3) is 0 Å². The Morgan fingerprint density at radius 3 is 2.45 bits per heavy atom. The van der Waals surface area contributed by atoms with Crippen LogP contribution in [0, 0.1) is 0 Å². The highest BCUT2D eigenvalue weighted by molar-refractivity contribution is 6.30. The van der Waals surface area contributed by atoms with Gasteiger partial charge in [0, 0.05) is 18.3 Å². The van der Waals surface area contributed by atoms with Gasteiger partial charge >= 0.3 is 0 Å². The summed E-state index contributed by atoms with van der Waals surface area (Å²) < 4.78 is 2.09. The maximum Gasteiger partial charge on any atom is 0.137 e. The molecule has 0 saturated carbocycles. The molecule has 0 aliphatic heterocycles. The van der Waals surface area contributed by atoms with Gasteiger partial charge in [0.2, 0.25) is 0 Å². The minimum Gasteiger partial charge on any atom is -0.304 e. The highest BCUT2D eigenvalue weighted by atomic mass is 35.5. The molecule has 0 unspecified atom stereocenters. The van der Waals surface area contributed by atoms with Crippen LogP contribution in [0.4, 0.5) is 0 Å². The number of hydrogen-bond acceptors (Lipinski definition) is 2. The van der Waals surface area contributed by atoms with Crippen LogP contribution in [0.5, 0.6) is 0 Å². The molecular formula is C18H20ClN3. The van der Waals surface area contributed by atoms with Gasteiger partial charge in [-0.05, 0) is 38.2 Å². The molecule has 3 nitrogen and oxygen atoms in total. The number of hydrogen-bond donors (Lipinski definition) is 0. The topological polar surface area (TPSA) is 20.5 Å². The average molecular weight is 314 g/mol. The first-order chi connectivity index (χ1) is 10.6. The molecule has 3 aromatic rings. The third-order valence-corrected chi connectivity index (χ3v) is 4.01. The Hall–Kier alpha value is -1.84. The Balaban J connectivity index is 2.18. The van der Waals surface area contributed by atoms with E-state index < -0.39 is 0 Å². The second kappa shape index (κ2) is 6.11. The maximum atomic E-state index is 6.16. The van der Waals surface area contributed by atoms with Crippen molar-refractivity contribution in [2.45, 2.75) is 19.9 Å². The van der Waals surface area contributed by atoms with Crippen molar-refractivity contribution < 1.29 is 0 Å². The summed E-state index contributed by atoms with van der Waals surface area (Å²) in [5.41, 5.74) is 5.60. The van der Waals surface area contributed by atoms with Crippen molar-refractivity contribution >= 4 is 17.2 Å². The van der Waals surface area contributed by atoms with E-state index in [9.17, 15) is 0 Å². The Labute approximate surface area is 136 Å². The Morgan fingerprint density at radius 2 is 1.82 bits per heavy atom. The summed E-state index contributed by atoms with van der Waals surface area (Å²) in [6.07, 6.45) is 2.98. The molecule has 2 heterocycles. The van der Waals surface area contributed by atoms with Crippen LogP contribution in [0.3, 0.4) is 0 Å². The lowest BCUT2D eigenvalue weighted by atomic mass is 10.1. The molecule has 4 heteroatoms. The highest BCUT2D eigenvalue weighted by Gasteiger charge is 2.15. The van der Waals surface area contributed by atoms with E-state index in [2.05, 4.69) is 54.6 Å². The van der Waals surface area contributed by atoms with E-state index in [1.807, 2.05) is 18.3 Å². The SMILES string of the molecule is CCc1ccc(-c2nc3ccc(Cl)cn3c2CN(C)C)cc1. The first-order valence-electron chi connectivity index (χ1n) is 7.49. The largest absolute Gasteiger partial charge is 0.304 e. The molecule has 0 amide bonds. The van der Waals surface area contributed by atoms with Gasteiger partial charge in [0.15, 0.2) is 0 Å². The van der Waals surface area contributed by atoms with Gasteiger partial charge in [-0.1, -0.05) is 42.8 Å². The quantitative estimate of drug-likeness (QED) is 0.716. The molecule has 0 bridgehead atoms. The number of nitrogens with zero attached hydrogens (tertiary/aromatic N) is 3. The number of aromatic nitrogens is 2. The number of aryl methyl sites for hydroxylation is 1. The van der Waals surface area contributed by atoms with Crippen LogP contribution < -0.4 is 0 Å². The zero-order valence-corrected chi connectivity index (χ0v) is 13.9. The zero-order chi connectivity index (χ0) is 15.7. The molecule has 0 radical (unpaired) electrons. The lowest BCUT2D eigenvalue weighted by Crippen LogP contribution is -2.13. The van der Waals surface area contributed by atoms with Gasteiger partial charge in [-0.25, -0.2) is 4.98 Å². The molecule has 22 heavy (non-hydrogen) atoms. The summed E-state index contributed by atoms with van der Waals surface area (Å²) in [5, 5.41) is 0.720. The number of fused-ring (bicyclic) bond motifs is 1. The molecule has 0 fully saturated rings. The van der Waals surface area contributed by atoms with Gasteiger partial charge in [0.05, 0.1) is 16.4 Å². The molecule has 1 aromatic carbocycles. The van der Waals surface area contributed by atoms with Crippen molar-refractivity contribution in [3.8, 4) is 11.3 Å². The van der Waals surface area contributed by atoms with E-state index >= 15 is 0 Å². The third-order valence-electron chi connectivity index (χ3n) is 3.78. The molecule has 0 atom stereocenters. The first-order valence-corrected chi connectivity index (χ1v) is 7.87. The average Bonchev–Trinajstić information content (AvgIpc) is 2.85. The van der Waals surface area contributed by atoms with Crippen LogP contribution in [0.15, 0.2) is 42.6 Å². The summed E-state index contributed by atoms with van der Waals surface area (Å²) in [6.45, 7) is 2.98. The second-order valence-corrected chi connectivity index (χ2v) is 6.21.